The van der Waals surface area contributed by atoms with Gasteiger partial charge in [-0.2, -0.15) is 0 Å². The van der Waals surface area contributed by atoms with E-state index in [9.17, 15) is 19.1 Å². The van der Waals surface area contributed by atoms with Crippen molar-refractivity contribution in [3.8, 4) is 17.2 Å². The summed E-state index contributed by atoms with van der Waals surface area (Å²) in [5.41, 5.74) is 0.965. The standard InChI is InChI=1S/C26H22FNO6/c1-32-19-6-4-5-18(14-19)28-23(15-7-10-17(27)11-8-15)22(25(30)26(28)31)24(29)16-9-12-20(33-2)21(13-16)34-3/h4-14,23,29H,1-3H3/b24-22+. The number of hydrogen-bond donors (Lipinski definition) is 1. The van der Waals surface area contributed by atoms with Crippen LogP contribution >= 0.6 is 0 Å². The summed E-state index contributed by atoms with van der Waals surface area (Å²) in [6.45, 7) is 0. The normalized spacial score (nSPS) is 17.1. The van der Waals surface area contributed by atoms with Gasteiger partial charge in [0, 0.05) is 17.3 Å². The predicted molar refractivity (Wildman–Crippen MR) is 124 cm³/mol. The molecule has 1 heterocycles. The molecule has 0 bridgehead atoms. The summed E-state index contributed by atoms with van der Waals surface area (Å²) in [6.07, 6.45) is 0. The lowest BCUT2D eigenvalue weighted by Crippen LogP contribution is -2.29. The van der Waals surface area contributed by atoms with Gasteiger partial charge >= 0.3 is 0 Å². The molecule has 0 radical (unpaired) electrons. The molecule has 0 spiro atoms. The lowest BCUT2D eigenvalue weighted by molar-refractivity contribution is -0.132. The highest BCUT2D eigenvalue weighted by Crippen LogP contribution is 2.43. The number of halogens is 1. The lowest BCUT2D eigenvalue weighted by atomic mass is 9.95. The van der Waals surface area contributed by atoms with Gasteiger partial charge in [-0.3, -0.25) is 14.5 Å². The highest BCUT2D eigenvalue weighted by Gasteiger charge is 2.47. The molecule has 7 nitrogen and oxygen atoms in total. The number of hydrogen-bond acceptors (Lipinski definition) is 6. The Morgan fingerprint density at radius 3 is 2.24 bits per heavy atom. The SMILES string of the molecule is COc1cccc(N2C(=O)C(=O)/C(=C(/O)c3ccc(OC)c(OC)c3)C2c2ccc(F)cc2)c1. The van der Waals surface area contributed by atoms with E-state index < -0.39 is 23.5 Å². The largest absolute Gasteiger partial charge is 0.507 e. The van der Waals surface area contributed by atoms with Crippen molar-refractivity contribution in [3.63, 3.8) is 0 Å². The monoisotopic (exact) mass is 463 g/mol. The summed E-state index contributed by atoms with van der Waals surface area (Å²) in [6, 6.07) is 15.7. The van der Waals surface area contributed by atoms with Gasteiger partial charge in [-0.1, -0.05) is 18.2 Å². The molecule has 1 unspecified atom stereocenters. The molecule has 0 aliphatic carbocycles. The van der Waals surface area contributed by atoms with Gasteiger partial charge in [0.1, 0.15) is 17.3 Å². The Bertz CT molecular complexity index is 1280. The second-order valence-corrected chi connectivity index (χ2v) is 7.49. The molecule has 1 aliphatic rings. The average Bonchev–Trinajstić information content (AvgIpc) is 3.13. The van der Waals surface area contributed by atoms with Crippen molar-refractivity contribution in [1.82, 2.24) is 0 Å². The third-order valence-corrected chi connectivity index (χ3v) is 5.62. The van der Waals surface area contributed by atoms with E-state index in [1.54, 1.807) is 36.4 Å². The molecule has 0 saturated carbocycles. The van der Waals surface area contributed by atoms with Gasteiger partial charge in [-0.15, -0.1) is 0 Å². The topological polar surface area (TPSA) is 85.3 Å². The highest BCUT2D eigenvalue weighted by atomic mass is 19.1. The Labute approximate surface area is 195 Å². The van der Waals surface area contributed by atoms with Gasteiger partial charge in [0.05, 0.1) is 32.9 Å². The maximum atomic E-state index is 13.7. The summed E-state index contributed by atoms with van der Waals surface area (Å²) < 4.78 is 29.5. The molecule has 1 atom stereocenters. The Hall–Kier alpha value is -4.33. The van der Waals surface area contributed by atoms with Gasteiger partial charge in [0.15, 0.2) is 11.5 Å². The van der Waals surface area contributed by atoms with Gasteiger partial charge in [-0.25, -0.2) is 4.39 Å². The molecule has 34 heavy (non-hydrogen) atoms. The van der Waals surface area contributed by atoms with Crippen molar-refractivity contribution in [2.75, 3.05) is 26.2 Å². The maximum absolute atomic E-state index is 13.7. The molecule has 3 aromatic carbocycles. The van der Waals surface area contributed by atoms with Gasteiger partial charge in [0.2, 0.25) is 0 Å². The first kappa shape index (κ1) is 22.8. The van der Waals surface area contributed by atoms with E-state index in [-0.39, 0.29) is 16.9 Å². The molecule has 1 fully saturated rings. The van der Waals surface area contributed by atoms with E-state index in [1.807, 2.05) is 0 Å². The number of carbonyl (C=O) groups excluding carboxylic acids is 2. The third-order valence-electron chi connectivity index (χ3n) is 5.62. The zero-order valence-corrected chi connectivity index (χ0v) is 18.7. The lowest BCUT2D eigenvalue weighted by Gasteiger charge is -2.25. The number of rotatable bonds is 6. The average molecular weight is 463 g/mol. The number of carbonyl (C=O) groups is 2. The van der Waals surface area contributed by atoms with Crippen LogP contribution in [0.1, 0.15) is 17.2 Å². The number of Topliss-reactive ketones (excluding diaryl/α,β-unsaturated/α-hetero) is 1. The van der Waals surface area contributed by atoms with E-state index in [1.165, 1.54) is 56.6 Å². The summed E-state index contributed by atoms with van der Waals surface area (Å²) >= 11 is 0. The fraction of sp³-hybridized carbons (Fsp3) is 0.154. The molecule has 1 saturated heterocycles. The number of amides is 1. The van der Waals surface area contributed by atoms with Crippen molar-refractivity contribution in [1.29, 1.82) is 0 Å². The molecule has 3 aromatic rings. The van der Waals surface area contributed by atoms with Crippen LogP contribution in [-0.4, -0.2) is 38.1 Å². The zero-order valence-electron chi connectivity index (χ0n) is 18.7. The predicted octanol–water partition coefficient (Wildman–Crippen LogP) is 4.48. The Morgan fingerprint density at radius 1 is 0.882 bits per heavy atom. The van der Waals surface area contributed by atoms with E-state index in [0.717, 1.165) is 0 Å². The molecule has 1 N–H and O–H groups in total. The van der Waals surface area contributed by atoms with Crippen molar-refractivity contribution in [3.05, 3.63) is 89.2 Å². The number of anilines is 1. The molecule has 174 valence electrons. The van der Waals surface area contributed by atoms with Crippen molar-refractivity contribution < 1.29 is 33.3 Å². The van der Waals surface area contributed by atoms with E-state index >= 15 is 0 Å². The number of benzene rings is 3. The Kier molecular flexibility index (Phi) is 6.23. The highest BCUT2D eigenvalue weighted by molar-refractivity contribution is 6.51. The molecule has 0 aromatic heterocycles. The summed E-state index contributed by atoms with van der Waals surface area (Å²) in [7, 11) is 4.41. The van der Waals surface area contributed by atoms with Crippen molar-refractivity contribution in [2.45, 2.75) is 6.04 Å². The van der Waals surface area contributed by atoms with Crippen molar-refractivity contribution in [2.24, 2.45) is 0 Å². The fourth-order valence-electron chi connectivity index (χ4n) is 3.96. The minimum atomic E-state index is -0.999. The van der Waals surface area contributed by atoms with E-state index in [0.29, 0.717) is 28.5 Å². The summed E-state index contributed by atoms with van der Waals surface area (Å²) in [4.78, 5) is 27.7. The van der Waals surface area contributed by atoms with E-state index in [4.69, 9.17) is 14.2 Å². The molecular formula is C26H22FNO6. The minimum absolute atomic E-state index is 0.133. The van der Waals surface area contributed by atoms with E-state index in [2.05, 4.69) is 0 Å². The minimum Gasteiger partial charge on any atom is -0.507 e. The molecule has 8 heteroatoms. The number of aliphatic hydroxyl groups is 1. The first-order valence-corrected chi connectivity index (χ1v) is 10.3. The first-order chi connectivity index (χ1) is 16.4. The van der Waals surface area contributed by atoms with Gasteiger partial charge < -0.3 is 19.3 Å². The maximum Gasteiger partial charge on any atom is 0.300 e. The summed E-state index contributed by atoms with van der Waals surface area (Å²) in [5.74, 6) is -1.30. The quantitative estimate of drug-likeness (QED) is 0.330. The third kappa shape index (κ3) is 3.94. The van der Waals surface area contributed by atoms with Crippen LogP contribution in [0.2, 0.25) is 0 Å². The fourth-order valence-corrected chi connectivity index (χ4v) is 3.96. The van der Waals surface area contributed by atoms with Crippen LogP contribution in [0.3, 0.4) is 0 Å². The molecular weight excluding hydrogens is 441 g/mol. The number of ether oxygens (including phenoxy) is 3. The number of methoxy groups -OCH3 is 3. The van der Waals surface area contributed by atoms with Gasteiger partial charge in [-0.05, 0) is 48.0 Å². The second-order valence-electron chi connectivity index (χ2n) is 7.49. The van der Waals surface area contributed by atoms with Crippen LogP contribution in [0.5, 0.6) is 17.2 Å². The van der Waals surface area contributed by atoms with Gasteiger partial charge in [0.25, 0.3) is 11.7 Å². The first-order valence-electron chi connectivity index (χ1n) is 10.3. The Balaban J connectivity index is 1.94. The molecule has 1 aliphatic heterocycles. The van der Waals surface area contributed by atoms with Crippen LogP contribution in [0.25, 0.3) is 5.76 Å². The van der Waals surface area contributed by atoms with Crippen LogP contribution in [-0.2, 0) is 9.59 Å². The summed E-state index contributed by atoms with van der Waals surface area (Å²) in [5, 5.41) is 11.2. The Morgan fingerprint density at radius 2 is 1.59 bits per heavy atom. The smallest absolute Gasteiger partial charge is 0.300 e. The number of ketones is 1. The zero-order chi connectivity index (χ0) is 24.4. The van der Waals surface area contributed by atoms with Crippen molar-refractivity contribution >= 4 is 23.1 Å². The number of nitrogens with zero attached hydrogens (tertiary/aromatic N) is 1. The van der Waals surface area contributed by atoms with Crippen LogP contribution in [0, 0.1) is 5.82 Å². The molecule has 1 amide bonds. The second kappa shape index (κ2) is 9.27. The van der Waals surface area contributed by atoms with Crippen LogP contribution in [0.15, 0.2) is 72.3 Å². The van der Waals surface area contributed by atoms with Crippen LogP contribution in [0.4, 0.5) is 10.1 Å². The van der Waals surface area contributed by atoms with Crippen LogP contribution < -0.4 is 19.1 Å². The number of aliphatic hydroxyl groups excluding tert-OH is 1. The molecule has 4 rings (SSSR count).